The van der Waals surface area contributed by atoms with E-state index in [0.717, 1.165) is 0 Å². The number of rotatable bonds is 5. The van der Waals surface area contributed by atoms with E-state index in [0.29, 0.717) is 39.0 Å². The van der Waals surface area contributed by atoms with Crippen molar-refractivity contribution in [2.45, 2.75) is 23.8 Å². The Morgan fingerprint density at radius 3 is 2.70 bits per heavy atom. The summed E-state index contributed by atoms with van der Waals surface area (Å²) in [7, 11) is -0.456. The van der Waals surface area contributed by atoms with Crippen molar-refractivity contribution in [3.05, 3.63) is 30.5 Å². The van der Waals surface area contributed by atoms with Crippen molar-refractivity contribution in [3.8, 4) is 5.88 Å². The molecule has 0 aliphatic carbocycles. The van der Waals surface area contributed by atoms with Crippen LogP contribution >= 0.6 is 0 Å². The van der Waals surface area contributed by atoms with Gasteiger partial charge in [0.2, 0.25) is 21.8 Å². The lowest BCUT2D eigenvalue weighted by atomic mass is 10.0. The van der Waals surface area contributed by atoms with Gasteiger partial charge < -0.3 is 14.5 Å². The van der Waals surface area contributed by atoms with Gasteiger partial charge in [0.25, 0.3) is 0 Å². The minimum absolute atomic E-state index is 0.0233. The molecule has 1 N–H and O–H groups in total. The number of likely N-dealkylation sites (tertiary alicyclic amines) is 1. The molecule has 0 radical (unpaired) electrons. The lowest BCUT2D eigenvalue weighted by Crippen LogP contribution is -2.42. The lowest BCUT2D eigenvalue weighted by molar-refractivity contribution is -0.134. The van der Waals surface area contributed by atoms with E-state index in [2.05, 4.69) is 9.71 Å². The third kappa shape index (κ3) is 4.66. The van der Waals surface area contributed by atoms with E-state index < -0.39 is 10.0 Å². The number of hydrogen-bond acceptors (Lipinski definition) is 6. The lowest BCUT2D eigenvalue weighted by Gasteiger charge is -2.24. The van der Waals surface area contributed by atoms with E-state index in [9.17, 15) is 13.2 Å². The van der Waals surface area contributed by atoms with Crippen LogP contribution in [0.3, 0.4) is 0 Å². The molecule has 0 bridgehead atoms. The van der Waals surface area contributed by atoms with Gasteiger partial charge in [0, 0.05) is 38.4 Å². The van der Waals surface area contributed by atoms with Gasteiger partial charge in [-0.1, -0.05) is 12.2 Å². The summed E-state index contributed by atoms with van der Waals surface area (Å²) in [5.41, 5.74) is 0. The van der Waals surface area contributed by atoms with Crippen molar-refractivity contribution < 1.29 is 17.9 Å². The maximum atomic E-state index is 12.8. The molecule has 0 unspecified atom stereocenters. The molecular formula is C18H26N4O4S. The summed E-state index contributed by atoms with van der Waals surface area (Å²) >= 11 is 0. The molecule has 8 nitrogen and oxygen atoms in total. The highest BCUT2D eigenvalue weighted by atomic mass is 32.2. The quantitative estimate of drug-likeness (QED) is 0.731. The van der Waals surface area contributed by atoms with Crippen LogP contribution in [0.2, 0.25) is 0 Å². The first-order valence-corrected chi connectivity index (χ1v) is 10.5. The molecule has 2 atom stereocenters. The normalized spacial score (nSPS) is 24.0. The summed E-state index contributed by atoms with van der Waals surface area (Å²) in [5.74, 6) is 0.100. The van der Waals surface area contributed by atoms with Gasteiger partial charge in [-0.3, -0.25) is 4.79 Å². The molecule has 1 saturated heterocycles. The van der Waals surface area contributed by atoms with Crippen molar-refractivity contribution in [2.75, 3.05) is 40.3 Å². The molecule has 3 rings (SSSR count). The molecule has 3 heterocycles. The number of carbonyl (C=O) groups excluding carboxylic acids is 1. The van der Waals surface area contributed by atoms with Crippen LogP contribution in [-0.4, -0.2) is 75.5 Å². The number of ether oxygens (including phenoxy) is 1. The van der Waals surface area contributed by atoms with E-state index in [1.165, 1.54) is 19.4 Å². The second-order valence-corrected chi connectivity index (χ2v) is 8.72. The summed E-state index contributed by atoms with van der Waals surface area (Å²) in [6.45, 7) is 2.50. The molecule has 2 aliphatic rings. The van der Waals surface area contributed by atoms with Crippen molar-refractivity contribution in [3.63, 3.8) is 0 Å². The average Bonchev–Trinajstić information content (AvgIpc) is 3.12. The monoisotopic (exact) mass is 394 g/mol. The number of nitrogens with one attached hydrogen (secondary N) is 1. The standard InChI is InChI=1S/C18H26N4O4S/c1-21-12-14(18(23)22-10-3-4-11-22)7-8-15(13-21)20-27(24,25)16-6-5-9-19-17(16)26-2/h3-6,9,14-15,20H,7-8,10-13H2,1-2H3/t14-,15+/m1/s1. The smallest absolute Gasteiger partial charge is 0.246 e. The van der Waals surface area contributed by atoms with E-state index in [-0.39, 0.29) is 28.6 Å². The molecule has 9 heteroatoms. The molecule has 2 aliphatic heterocycles. The number of methoxy groups -OCH3 is 1. The van der Waals surface area contributed by atoms with E-state index in [1.54, 1.807) is 6.07 Å². The largest absolute Gasteiger partial charge is 0.480 e. The fourth-order valence-corrected chi connectivity index (χ4v) is 5.02. The summed E-state index contributed by atoms with van der Waals surface area (Å²) in [6, 6.07) is 2.76. The molecular weight excluding hydrogens is 368 g/mol. The maximum absolute atomic E-state index is 12.8. The zero-order valence-electron chi connectivity index (χ0n) is 15.7. The minimum atomic E-state index is -3.77. The van der Waals surface area contributed by atoms with Crippen LogP contribution in [0.4, 0.5) is 0 Å². The fourth-order valence-electron chi connectivity index (χ4n) is 3.64. The van der Waals surface area contributed by atoms with Crippen molar-refractivity contribution in [2.24, 2.45) is 5.92 Å². The highest BCUT2D eigenvalue weighted by Crippen LogP contribution is 2.23. The van der Waals surface area contributed by atoms with E-state index in [4.69, 9.17) is 4.74 Å². The number of aromatic nitrogens is 1. The Bertz CT molecular complexity index is 803. The molecule has 0 aromatic carbocycles. The Morgan fingerprint density at radius 2 is 2.00 bits per heavy atom. The van der Waals surface area contributed by atoms with E-state index >= 15 is 0 Å². The average molecular weight is 394 g/mol. The van der Waals surface area contributed by atoms with Gasteiger partial charge in [-0.15, -0.1) is 0 Å². The molecule has 0 saturated carbocycles. The highest BCUT2D eigenvalue weighted by Gasteiger charge is 2.32. The second-order valence-electron chi connectivity index (χ2n) is 7.04. The Balaban J connectivity index is 1.68. The Morgan fingerprint density at radius 1 is 1.26 bits per heavy atom. The Kier molecular flexibility index (Phi) is 6.13. The summed E-state index contributed by atoms with van der Waals surface area (Å²) < 4.78 is 33.4. The molecule has 1 aromatic rings. The van der Waals surface area contributed by atoms with Crippen LogP contribution in [0.1, 0.15) is 12.8 Å². The number of likely N-dealkylation sites (N-methyl/N-ethyl adjacent to an activating group) is 1. The van der Waals surface area contributed by atoms with Gasteiger partial charge in [0.15, 0.2) is 0 Å². The first kappa shape index (κ1) is 19.8. The van der Waals surface area contributed by atoms with Crippen molar-refractivity contribution in [1.82, 2.24) is 19.5 Å². The topological polar surface area (TPSA) is 91.8 Å². The minimum Gasteiger partial charge on any atom is -0.480 e. The van der Waals surface area contributed by atoms with E-state index in [1.807, 2.05) is 29.0 Å². The molecule has 148 valence electrons. The Labute approximate surface area is 160 Å². The zero-order chi connectivity index (χ0) is 19.4. The number of carbonyl (C=O) groups is 1. The van der Waals surface area contributed by atoms with Gasteiger partial charge in [0.1, 0.15) is 4.90 Å². The van der Waals surface area contributed by atoms with Crippen molar-refractivity contribution in [1.29, 1.82) is 0 Å². The first-order valence-electron chi connectivity index (χ1n) is 9.04. The fraction of sp³-hybridized carbons (Fsp3) is 0.556. The predicted octanol–water partition coefficient (Wildman–Crippen LogP) is 0.477. The van der Waals surface area contributed by atoms with Crippen LogP contribution in [-0.2, 0) is 14.8 Å². The first-order chi connectivity index (χ1) is 12.9. The summed E-state index contributed by atoms with van der Waals surface area (Å²) in [6.07, 6.45) is 6.73. The highest BCUT2D eigenvalue weighted by molar-refractivity contribution is 7.89. The van der Waals surface area contributed by atoms with Crippen LogP contribution in [0.15, 0.2) is 35.4 Å². The second kappa shape index (κ2) is 8.37. The van der Waals surface area contributed by atoms with Crippen molar-refractivity contribution >= 4 is 15.9 Å². The van der Waals surface area contributed by atoms with Gasteiger partial charge >= 0.3 is 0 Å². The third-order valence-corrected chi connectivity index (χ3v) is 6.48. The summed E-state index contributed by atoms with van der Waals surface area (Å²) in [5, 5.41) is 0. The molecule has 1 aromatic heterocycles. The molecule has 27 heavy (non-hydrogen) atoms. The SMILES string of the molecule is COc1ncccc1S(=O)(=O)N[C@H]1CC[C@@H](C(=O)N2CC=CC2)CN(C)C1. The summed E-state index contributed by atoms with van der Waals surface area (Å²) in [4.78, 5) is 20.5. The zero-order valence-corrected chi connectivity index (χ0v) is 16.5. The Hall–Kier alpha value is -1.97. The predicted molar refractivity (Wildman–Crippen MR) is 101 cm³/mol. The molecule has 1 amide bonds. The van der Waals surface area contributed by atoms with Gasteiger partial charge in [0.05, 0.1) is 13.0 Å². The maximum Gasteiger partial charge on any atom is 0.246 e. The number of hydrogen-bond donors (Lipinski definition) is 1. The van der Waals surface area contributed by atoms with Crippen LogP contribution in [0.5, 0.6) is 5.88 Å². The number of nitrogens with zero attached hydrogens (tertiary/aromatic N) is 3. The van der Waals surface area contributed by atoms with Gasteiger partial charge in [-0.2, -0.15) is 0 Å². The van der Waals surface area contributed by atoms with Gasteiger partial charge in [-0.05, 0) is 32.0 Å². The van der Waals surface area contributed by atoms with Crippen LogP contribution < -0.4 is 9.46 Å². The number of pyridine rings is 1. The molecule has 0 spiro atoms. The third-order valence-electron chi connectivity index (χ3n) is 4.95. The number of sulfonamides is 1. The van der Waals surface area contributed by atoms with Crippen LogP contribution in [0.25, 0.3) is 0 Å². The van der Waals surface area contributed by atoms with Gasteiger partial charge in [-0.25, -0.2) is 18.1 Å². The number of amides is 1. The van der Waals surface area contributed by atoms with Crippen LogP contribution in [0, 0.1) is 5.92 Å². The molecule has 1 fully saturated rings.